The summed E-state index contributed by atoms with van der Waals surface area (Å²) in [6, 6.07) is 13.0. The van der Waals surface area contributed by atoms with Crippen molar-refractivity contribution in [1.29, 1.82) is 0 Å². The maximum absolute atomic E-state index is 13.1. The highest BCUT2D eigenvalue weighted by Crippen LogP contribution is 2.29. The number of hydrogen-bond donors (Lipinski definition) is 1. The second-order valence-corrected chi connectivity index (χ2v) is 5.99. The number of carbonyl (C=O) groups is 1. The Morgan fingerprint density at radius 1 is 1.17 bits per heavy atom. The summed E-state index contributed by atoms with van der Waals surface area (Å²) in [6.45, 7) is 1.28. The molecule has 2 aromatic carbocycles. The molecule has 126 valence electrons. The van der Waals surface area contributed by atoms with E-state index in [9.17, 15) is 14.3 Å². The lowest BCUT2D eigenvalue weighted by atomic mass is 9.89. The molecule has 0 unspecified atom stereocenters. The first-order chi connectivity index (χ1) is 11.6. The van der Waals surface area contributed by atoms with E-state index < -0.39 is 0 Å². The summed E-state index contributed by atoms with van der Waals surface area (Å²) in [5.74, 6) is 0.569. The average molecular weight is 329 g/mol. The zero-order chi connectivity index (χ0) is 16.9. The predicted octanol–water partition coefficient (Wildman–Crippen LogP) is 3.32. The van der Waals surface area contributed by atoms with Crippen LogP contribution in [-0.4, -0.2) is 35.6 Å². The fourth-order valence-electron chi connectivity index (χ4n) is 3.00. The minimum atomic E-state index is -0.380. The lowest BCUT2D eigenvalue weighted by Crippen LogP contribution is -2.40. The molecule has 1 amide bonds. The van der Waals surface area contributed by atoms with Gasteiger partial charge in [0.25, 0.3) is 5.91 Å². The van der Waals surface area contributed by atoms with E-state index >= 15 is 0 Å². The quantitative estimate of drug-likeness (QED) is 0.936. The predicted molar refractivity (Wildman–Crippen MR) is 88.6 cm³/mol. The zero-order valence-corrected chi connectivity index (χ0v) is 13.3. The highest BCUT2D eigenvalue weighted by atomic mass is 19.1. The first-order valence-corrected chi connectivity index (χ1v) is 8.07. The number of ether oxygens (including phenoxy) is 1. The van der Waals surface area contributed by atoms with E-state index in [1.807, 2.05) is 12.1 Å². The molecular weight excluding hydrogens is 309 g/mol. The molecular formula is C19H20FNO3. The fourth-order valence-corrected chi connectivity index (χ4v) is 3.00. The van der Waals surface area contributed by atoms with Gasteiger partial charge in [-0.1, -0.05) is 18.2 Å². The number of piperidine rings is 1. The highest BCUT2D eigenvalue weighted by molar-refractivity contribution is 5.77. The number of aromatic hydroxyl groups is 1. The molecule has 1 heterocycles. The maximum atomic E-state index is 13.1. The van der Waals surface area contributed by atoms with Crippen molar-refractivity contribution < 1.29 is 19.0 Å². The summed E-state index contributed by atoms with van der Waals surface area (Å²) in [5.41, 5.74) is 1.19. The van der Waals surface area contributed by atoms with Gasteiger partial charge in [0.1, 0.15) is 17.3 Å². The van der Waals surface area contributed by atoms with Crippen LogP contribution in [0.2, 0.25) is 0 Å². The van der Waals surface area contributed by atoms with E-state index in [1.165, 1.54) is 17.7 Å². The minimum Gasteiger partial charge on any atom is -0.508 e. The summed E-state index contributed by atoms with van der Waals surface area (Å²) in [5, 5.41) is 9.35. The molecule has 3 rings (SSSR count). The van der Waals surface area contributed by atoms with Crippen LogP contribution in [0.4, 0.5) is 4.39 Å². The summed E-state index contributed by atoms with van der Waals surface area (Å²) in [7, 11) is 0. The van der Waals surface area contributed by atoms with E-state index in [0.29, 0.717) is 24.8 Å². The number of carbonyl (C=O) groups excluding carboxylic acids is 1. The molecule has 5 heteroatoms. The molecule has 0 aliphatic carbocycles. The van der Waals surface area contributed by atoms with Crippen molar-refractivity contribution in [1.82, 2.24) is 4.90 Å². The Kier molecular flexibility index (Phi) is 4.99. The Bertz CT molecular complexity index is 694. The monoisotopic (exact) mass is 329 g/mol. The van der Waals surface area contributed by atoms with E-state index in [0.717, 1.165) is 12.8 Å². The Morgan fingerprint density at radius 3 is 2.54 bits per heavy atom. The number of amides is 1. The van der Waals surface area contributed by atoms with Gasteiger partial charge in [0, 0.05) is 19.2 Å². The molecule has 0 aromatic heterocycles. The van der Waals surface area contributed by atoms with Crippen LogP contribution < -0.4 is 4.74 Å². The molecule has 2 aromatic rings. The van der Waals surface area contributed by atoms with Gasteiger partial charge in [0.15, 0.2) is 6.61 Å². The Hall–Kier alpha value is -2.56. The normalized spacial score (nSPS) is 15.3. The molecule has 1 saturated heterocycles. The van der Waals surface area contributed by atoms with Crippen LogP contribution in [-0.2, 0) is 4.79 Å². The van der Waals surface area contributed by atoms with Crippen molar-refractivity contribution in [3.8, 4) is 11.5 Å². The van der Waals surface area contributed by atoms with Gasteiger partial charge in [0.05, 0.1) is 0 Å². The molecule has 24 heavy (non-hydrogen) atoms. The zero-order valence-electron chi connectivity index (χ0n) is 13.3. The molecule has 4 nitrogen and oxygen atoms in total. The number of likely N-dealkylation sites (tertiary alicyclic amines) is 1. The van der Waals surface area contributed by atoms with Crippen LogP contribution in [0.5, 0.6) is 11.5 Å². The third-order valence-electron chi connectivity index (χ3n) is 4.37. The lowest BCUT2D eigenvalue weighted by Gasteiger charge is -2.32. The Balaban J connectivity index is 1.49. The molecule has 1 N–H and O–H groups in total. The molecule has 0 saturated carbocycles. The van der Waals surface area contributed by atoms with Crippen LogP contribution in [0.15, 0.2) is 48.5 Å². The van der Waals surface area contributed by atoms with Crippen molar-refractivity contribution in [3.63, 3.8) is 0 Å². The second kappa shape index (κ2) is 7.34. The van der Waals surface area contributed by atoms with Gasteiger partial charge in [-0.15, -0.1) is 0 Å². The number of nitrogens with zero attached hydrogens (tertiary/aromatic N) is 1. The van der Waals surface area contributed by atoms with Crippen LogP contribution in [0.3, 0.4) is 0 Å². The molecule has 1 aliphatic rings. The number of benzene rings is 2. The molecule has 0 atom stereocenters. The highest BCUT2D eigenvalue weighted by Gasteiger charge is 2.24. The van der Waals surface area contributed by atoms with E-state index in [1.54, 1.807) is 29.2 Å². The number of halogens is 1. The average Bonchev–Trinajstić information content (AvgIpc) is 2.61. The van der Waals surface area contributed by atoms with Crippen molar-refractivity contribution in [2.45, 2.75) is 18.8 Å². The number of hydrogen-bond acceptors (Lipinski definition) is 3. The molecule has 0 radical (unpaired) electrons. The summed E-state index contributed by atoms with van der Waals surface area (Å²) < 4.78 is 18.5. The van der Waals surface area contributed by atoms with Gasteiger partial charge in [0.2, 0.25) is 0 Å². The second-order valence-electron chi connectivity index (χ2n) is 5.99. The van der Waals surface area contributed by atoms with E-state index in [2.05, 4.69) is 0 Å². The van der Waals surface area contributed by atoms with E-state index in [4.69, 9.17) is 4.74 Å². The van der Waals surface area contributed by atoms with Gasteiger partial charge in [-0.3, -0.25) is 4.79 Å². The fraction of sp³-hybridized carbons (Fsp3) is 0.316. The first-order valence-electron chi connectivity index (χ1n) is 8.07. The number of phenolic OH excluding ortho intramolecular Hbond substituents is 1. The standard InChI is InChI=1S/C19H20FNO3/c20-16-2-1-3-18(12-16)24-13-19(23)21-10-8-15(9-11-21)14-4-6-17(22)7-5-14/h1-7,12,15,22H,8-11,13H2. The summed E-state index contributed by atoms with van der Waals surface area (Å²) >= 11 is 0. The van der Waals surface area contributed by atoms with Gasteiger partial charge < -0.3 is 14.7 Å². The van der Waals surface area contributed by atoms with Crippen molar-refractivity contribution in [3.05, 3.63) is 59.9 Å². The van der Waals surface area contributed by atoms with Crippen LogP contribution in [0.1, 0.15) is 24.3 Å². The maximum Gasteiger partial charge on any atom is 0.260 e. The topological polar surface area (TPSA) is 49.8 Å². The van der Waals surface area contributed by atoms with Crippen molar-refractivity contribution >= 4 is 5.91 Å². The third kappa shape index (κ3) is 4.04. The summed E-state index contributed by atoms with van der Waals surface area (Å²) in [4.78, 5) is 14.0. The van der Waals surface area contributed by atoms with Gasteiger partial charge in [-0.25, -0.2) is 4.39 Å². The van der Waals surface area contributed by atoms with Crippen LogP contribution in [0.25, 0.3) is 0 Å². The van der Waals surface area contributed by atoms with Crippen LogP contribution >= 0.6 is 0 Å². The van der Waals surface area contributed by atoms with Gasteiger partial charge in [-0.2, -0.15) is 0 Å². The lowest BCUT2D eigenvalue weighted by molar-refractivity contribution is -0.134. The Morgan fingerprint density at radius 2 is 1.88 bits per heavy atom. The molecule has 1 fully saturated rings. The van der Waals surface area contributed by atoms with Gasteiger partial charge in [-0.05, 0) is 48.6 Å². The van der Waals surface area contributed by atoms with E-state index in [-0.39, 0.29) is 24.1 Å². The van der Waals surface area contributed by atoms with Gasteiger partial charge >= 0.3 is 0 Å². The van der Waals surface area contributed by atoms with Crippen molar-refractivity contribution in [2.24, 2.45) is 0 Å². The van der Waals surface area contributed by atoms with Crippen molar-refractivity contribution in [2.75, 3.05) is 19.7 Å². The molecule has 0 bridgehead atoms. The number of rotatable bonds is 4. The van der Waals surface area contributed by atoms with Crippen LogP contribution in [0, 0.1) is 5.82 Å². The first kappa shape index (κ1) is 16.3. The molecule has 1 aliphatic heterocycles. The SMILES string of the molecule is O=C(COc1cccc(F)c1)N1CCC(c2ccc(O)cc2)CC1. The smallest absolute Gasteiger partial charge is 0.260 e. The summed E-state index contributed by atoms with van der Waals surface area (Å²) in [6.07, 6.45) is 1.77. The Labute approximate surface area is 140 Å². The molecule has 0 spiro atoms. The number of phenols is 1. The third-order valence-corrected chi connectivity index (χ3v) is 4.37. The largest absolute Gasteiger partial charge is 0.508 e. The minimum absolute atomic E-state index is 0.0761.